The van der Waals surface area contributed by atoms with Crippen LogP contribution in [-0.2, 0) is 4.74 Å². The summed E-state index contributed by atoms with van der Waals surface area (Å²) in [5, 5.41) is 3.87. The summed E-state index contributed by atoms with van der Waals surface area (Å²) in [6.45, 7) is 11.7. The van der Waals surface area contributed by atoms with Crippen LogP contribution in [0.2, 0.25) is 0 Å². The van der Waals surface area contributed by atoms with Gasteiger partial charge in [0.05, 0.1) is 6.10 Å². The van der Waals surface area contributed by atoms with Gasteiger partial charge < -0.3 is 15.0 Å². The maximum absolute atomic E-state index is 5.85. The van der Waals surface area contributed by atoms with E-state index in [1.165, 1.54) is 51.7 Å². The third-order valence-electron chi connectivity index (χ3n) is 4.51. The molecule has 3 heteroatoms. The summed E-state index contributed by atoms with van der Waals surface area (Å²) in [6, 6.07) is 1.28. The maximum atomic E-state index is 5.85. The van der Waals surface area contributed by atoms with Crippen molar-refractivity contribution in [2.45, 2.75) is 71.1 Å². The van der Waals surface area contributed by atoms with Gasteiger partial charge in [-0.2, -0.15) is 0 Å². The maximum Gasteiger partial charge on any atom is 0.0728 e. The molecule has 2 aliphatic heterocycles. The fourth-order valence-electron chi connectivity index (χ4n) is 3.51. The van der Waals surface area contributed by atoms with Gasteiger partial charge in [0, 0.05) is 25.2 Å². The Labute approximate surface area is 119 Å². The molecule has 0 radical (unpaired) electrons. The van der Waals surface area contributed by atoms with E-state index >= 15 is 0 Å². The van der Waals surface area contributed by atoms with E-state index in [2.05, 4.69) is 31.0 Å². The highest BCUT2D eigenvalue weighted by molar-refractivity contribution is 4.85. The predicted octanol–water partition coefficient (Wildman–Crippen LogP) is 2.65. The van der Waals surface area contributed by atoms with Crippen LogP contribution in [0.25, 0.3) is 0 Å². The van der Waals surface area contributed by atoms with E-state index in [0.717, 1.165) is 12.5 Å². The average molecular weight is 268 g/mol. The van der Waals surface area contributed by atoms with Gasteiger partial charge in [0.2, 0.25) is 0 Å². The molecule has 19 heavy (non-hydrogen) atoms. The van der Waals surface area contributed by atoms with Crippen molar-refractivity contribution in [2.24, 2.45) is 5.92 Å². The number of rotatable bonds is 6. The summed E-state index contributed by atoms with van der Waals surface area (Å²) in [5.74, 6) is 0.791. The molecule has 2 aliphatic rings. The van der Waals surface area contributed by atoms with Gasteiger partial charge >= 0.3 is 0 Å². The quantitative estimate of drug-likeness (QED) is 0.801. The zero-order chi connectivity index (χ0) is 13.7. The third-order valence-corrected chi connectivity index (χ3v) is 4.51. The number of hydrogen-bond donors (Lipinski definition) is 1. The Morgan fingerprint density at radius 3 is 2.47 bits per heavy atom. The minimum Gasteiger partial charge on any atom is -0.377 e. The molecule has 2 heterocycles. The highest BCUT2D eigenvalue weighted by Crippen LogP contribution is 2.20. The molecule has 2 fully saturated rings. The van der Waals surface area contributed by atoms with E-state index in [0.29, 0.717) is 18.2 Å². The molecule has 0 unspecified atom stereocenters. The van der Waals surface area contributed by atoms with Crippen molar-refractivity contribution in [1.29, 1.82) is 0 Å². The fraction of sp³-hybridized carbons (Fsp3) is 1.00. The molecule has 0 aromatic heterocycles. The fourth-order valence-corrected chi connectivity index (χ4v) is 3.51. The summed E-state index contributed by atoms with van der Waals surface area (Å²) in [4.78, 5) is 2.62. The third kappa shape index (κ3) is 4.73. The lowest BCUT2D eigenvalue weighted by Gasteiger charge is -2.36. The Bertz CT molecular complexity index is 243. The van der Waals surface area contributed by atoms with E-state index in [-0.39, 0.29) is 0 Å². The number of likely N-dealkylation sites (tertiary alicyclic amines) is 1. The monoisotopic (exact) mass is 268 g/mol. The largest absolute Gasteiger partial charge is 0.377 e. The minimum atomic E-state index is 0.471. The molecule has 3 nitrogen and oxygen atoms in total. The molecule has 0 saturated carbocycles. The Morgan fingerprint density at radius 1 is 1.21 bits per heavy atom. The summed E-state index contributed by atoms with van der Waals surface area (Å²) in [5.41, 5.74) is 0. The van der Waals surface area contributed by atoms with E-state index in [1.807, 2.05) is 0 Å². The van der Waals surface area contributed by atoms with Gasteiger partial charge in [0.15, 0.2) is 0 Å². The lowest BCUT2D eigenvalue weighted by molar-refractivity contribution is 0.0666. The van der Waals surface area contributed by atoms with E-state index in [1.54, 1.807) is 0 Å². The highest BCUT2D eigenvalue weighted by Gasteiger charge is 2.28. The molecule has 112 valence electrons. The Kier molecular flexibility index (Phi) is 6.11. The molecule has 0 aromatic rings. The van der Waals surface area contributed by atoms with Crippen molar-refractivity contribution in [3.05, 3.63) is 0 Å². The topological polar surface area (TPSA) is 24.5 Å². The second kappa shape index (κ2) is 7.61. The van der Waals surface area contributed by atoms with Crippen molar-refractivity contribution >= 4 is 0 Å². The summed E-state index contributed by atoms with van der Waals surface area (Å²) < 4.78 is 5.85. The zero-order valence-electron chi connectivity index (χ0n) is 13.0. The second-order valence-corrected chi connectivity index (χ2v) is 6.70. The molecule has 0 spiro atoms. The summed E-state index contributed by atoms with van der Waals surface area (Å²) in [7, 11) is 0. The van der Waals surface area contributed by atoms with Crippen LogP contribution in [0.5, 0.6) is 0 Å². The molecule has 0 aromatic carbocycles. The number of nitrogens with one attached hydrogen (secondary N) is 1. The van der Waals surface area contributed by atoms with Crippen molar-refractivity contribution in [3.63, 3.8) is 0 Å². The number of hydrogen-bond acceptors (Lipinski definition) is 3. The first-order chi connectivity index (χ1) is 9.19. The standard InChI is InChI=1S/C16H32N2O/c1-4-15(16-6-5-11-19-16)17-14-7-9-18(10-8-14)12-13(2)3/h13-17H,4-12H2,1-3H3/t15-,16-/m1/s1. The van der Waals surface area contributed by atoms with Crippen LogP contribution in [0.3, 0.4) is 0 Å². The first kappa shape index (κ1) is 15.3. The lowest BCUT2D eigenvalue weighted by Crippen LogP contribution is -2.50. The van der Waals surface area contributed by atoms with Gasteiger partial charge in [-0.3, -0.25) is 0 Å². The lowest BCUT2D eigenvalue weighted by atomic mass is 9.99. The van der Waals surface area contributed by atoms with Crippen molar-refractivity contribution < 1.29 is 4.74 Å². The highest BCUT2D eigenvalue weighted by atomic mass is 16.5. The molecule has 2 atom stereocenters. The Hall–Kier alpha value is -0.120. The van der Waals surface area contributed by atoms with Crippen LogP contribution in [0.1, 0.15) is 52.9 Å². The minimum absolute atomic E-state index is 0.471. The number of ether oxygens (including phenoxy) is 1. The number of piperidine rings is 1. The van der Waals surface area contributed by atoms with Crippen LogP contribution in [-0.4, -0.2) is 49.3 Å². The van der Waals surface area contributed by atoms with Gasteiger partial charge in [-0.15, -0.1) is 0 Å². The van der Waals surface area contributed by atoms with Crippen LogP contribution in [0.4, 0.5) is 0 Å². The van der Waals surface area contributed by atoms with Gasteiger partial charge in [0.25, 0.3) is 0 Å². The molecule has 0 amide bonds. The van der Waals surface area contributed by atoms with Crippen LogP contribution in [0, 0.1) is 5.92 Å². The number of nitrogens with zero attached hydrogens (tertiary/aromatic N) is 1. The van der Waals surface area contributed by atoms with Gasteiger partial charge in [0.1, 0.15) is 0 Å². The van der Waals surface area contributed by atoms with Crippen molar-refractivity contribution in [3.8, 4) is 0 Å². The van der Waals surface area contributed by atoms with Gasteiger partial charge in [-0.05, 0) is 51.1 Å². The van der Waals surface area contributed by atoms with Crippen LogP contribution in [0.15, 0.2) is 0 Å². The van der Waals surface area contributed by atoms with E-state index < -0.39 is 0 Å². The first-order valence-corrected chi connectivity index (χ1v) is 8.29. The molecule has 1 N–H and O–H groups in total. The van der Waals surface area contributed by atoms with Gasteiger partial charge in [-0.25, -0.2) is 0 Å². The smallest absolute Gasteiger partial charge is 0.0728 e. The molecule has 2 rings (SSSR count). The molecule has 2 saturated heterocycles. The molecule has 0 aliphatic carbocycles. The molecular weight excluding hydrogens is 236 g/mol. The molecule has 0 bridgehead atoms. The van der Waals surface area contributed by atoms with E-state index in [9.17, 15) is 0 Å². The Morgan fingerprint density at radius 2 is 1.95 bits per heavy atom. The summed E-state index contributed by atoms with van der Waals surface area (Å²) >= 11 is 0. The van der Waals surface area contributed by atoms with Crippen molar-refractivity contribution in [1.82, 2.24) is 10.2 Å². The first-order valence-electron chi connectivity index (χ1n) is 8.29. The zero-order valence-corrected chi connectivity index (χ0v) is 13.0. The average Bonchev–Trinajstić information content (AvgIpc) is 2.91. The predicted molar refractivity (Wildman–Crippen MR) is 80.5 cm³/mol. The van der Waals surface area contributed by atoms with Crippen LogP contribution >= 0.6 is 0 Å². The Balaban J connectivity index is 1.71. The second-order valence-electron chi connectivity index (χ2n) is 6.70. The van der Waals surface area contributed by atoms with Crippen molar-refractivity contribution in [2.75, 3.05) is 26.2 Å². The van der Waals surface area contributed by atoms with E-state index in [4.69, 9.17) is 4.74 Å². The molecular formula is C16H32N2O. The SMILES string of the molecule is CC[C@@H](NC1CCN(CC(C)C)CC1)[C@H]1CCCO1. The van der Waals surface area contributed by atoms with Crippen LogP contribution < -0.4 is 5.32 Å². The van der Waals surface area contributed by atoms with Gasteiger partial charge in [-0.1, -0.05) is 20.8 Å². The normalized spacial score (nSPS) is 28.1. The summed E-state index contributed by atoms with van der Waals surface area (Å²) in [6.07, 6.45) is 6.76.